The Kier molecular flexibility index (Phi) is 8.23. The number of unbranched alkanes of at least 4 members (excludes halogenated alkanes) is 1. The van der Waals surface area contributed by atoms with Crippen molar-refractivity contribution in [2.75, 3.05) is 13.7 Å². The molecule has 0 atom stereocenters. The summed E-state index contributed by atoms with van der Waals surface area (Å²) < 4.78 is 7.59. The van der Waals surface area contributed by atoms with E-state index in [9.17, 15) is 4.79 Å². The van der Waals surface area contributed by atoms with E-state index in [1.807, 2.05) is 49.4 Å². The molecule has 6 heteroatoms. The van der Waals surface area contributed by atoms with Crippen LogP contribution >= 0.6 is 11.3 Å². The van der Waals surface area contributed by atoms with Crippen molar-refractivity contribution in [2.45, 2.75) is 32.7 Å². The number of hydrogen-bond acceptors (Lipinski definition) is 4. The van der Waals surface area contributed by atoms with Gasteiger partial charge in [0.1, 0.15) is 10.8 Å². The topological polar surface area (TPSA) is 56.1 Å². The first-order valence-electron chi connectivity index (χ1n) is 13.3. The van der Waals surface area contributed by atoms with Gasteiger partial charge in [-0.05, 0) is 54.8 Å². The van der Waals surface area contributed by atoms with E-state index in [4.69, 9.17) is 9.72 Å². The number of aromatic nitrogens is 2. The highest BCUT2D eigenvalue weighted by Gasteiger charge is 2.27. The molecule has 0 fully saturated rings. The zero-order valence-corrected chi connectivity index (χ0v) is 23.4. The molecular weight excluding hydrogens is 502 g/mol. The molecule has 1 amide bonds. The molecule has 2 aromatic heterocycles. The van der Waals surface area contributed by atoms with Crippen LogP contribution in [-0.2, 0) is 0 Å². The van der Waals surface area contributed by atoms with Gasteiger partial charge in [-0.3, -0.25) is 4.79 Å². The summed E-state index contributed by atoms with van der Waals surface area (Å²) in [5.41, 5.74) is 6.68. The van der Waals surface area contributed by atoms with Crippen molar-refractivity contribution in [3.8, 4) is 27.7 Å². The van der Waals surface area contributed by atoms with Gasteiger partial charge in [0.25, 0.3) is 5.91 Å². The number of thiazole rings is 1. The van der Waals surface area contributed by atoms with Gasteiger partial charge in [0.05, 0.1) is 30.1 Å². The average Bonchev–Trinajstić information content (AvgIpc) is 3.60. The minimum absolute atomic E-state index is 0.0496. The third kappa shape index (κ3) is 5.66. The molecule has 39 heavy (non-hydrogen) atoms. The number of ether oxygens (including phenoxy) is 1. The van der Waals surface area contributed by atoms with Crippen molar-refractivity contribution in [3.05, 3.63) is 119 Å². The van der Waals surface area contributed by atoms with Gasteiger partial charge in [-0.2, -0.15) is 0 Å². The number of carbonyl (C=O) groups excluding carboxylic acids is 1. The molecule has 0 saturated carbocycles. The lowest BCUT2D eigenvalue weighted by Gasteiger charge is -2.24. The van der Waals surface area contributed by atoms with E-state index in [0.29, 0.717) is 12.1 Å². The minimum atomic E-state index is -0.120. The number of carbonyl (C=O) groups is 1. The second kappa shape index (κ2) is 12.1. The summed E-state index contributed by atoms with van der Waals surface area (Å²) in [5, 5.41) is 6.11. The van der Waals surface area contributed by atoms with Gasteiger partial charge < -0.3 is 14.6 Å². The van der Waals surface area contributed by atoms with Crippen molar-refractivity contribution in [1.82, 2.24) is 14.9 Å². The zero-order valence-electron chi connectivity index (χ0n) is 22.6. The monoisotopic (exact) mass is 535 g/mol. The molecular formula is C33H33N3O2S. The van der Waals surface area contributed by atoms with E-state index in [1.54, 1.807) is 18.4 Å². The molecule has 0 unspecified atom stereocenters. The molecule has 5 aromatic rings. The quantitative estimate of drug-likeness (QED) is 0.186. The van der Waals surface area contributed by atoms with E-state index in [0.717, 1.165) is 57.4 Å². The Bertz CT molecular complexity index is 1480. The number of benzene rings is 3. The molecule has 1 N–H and O–H groups in total. The second-order valence-electron chi connectivity index (χ2n) is 9.50. The predicted octanol–water partition coefficient (Wildman–Crippen LogP) is 7.76. The Morgan fingerprint density at radius 3 is 2.21 bits per heavy atom. The first-order valence-corrected chi connectivity index (χ1v) is 14.2. The van der Waals surface area contributed by atoms with Crippen molar-refractivity contribution < 1.29 is 9.53 Å². The highest BCUT2D eigenvalue weighted by Crippen LogP contribution is 2.38. The van der Waals surface area contributed by atoms with Gasteiger partial charge in [-0.15, -0.1) is 11.3 Å². The molecule has 198 valence electrons. The minimum Gasteiger partial charge on any atom is -0.497 e. The predicted molar refractivity (Wildman–Crippen MR) is 160 cm³/mol. The number of rotatable bonds is 10. The van der Waals surface area contributed by atoms with Crippen LogP contribution in [0.5, 0.6) is 5.75 Å². The summed E-state index contributed by atoms with van der Waals surface area (Å²) in [5.74, 6) is 0.763. The van der Waals surface area contributed by atoms with Gasteiger partial charge in [0, 0.05) is 23.2 Å². The fourth-order valence-corrected chi connectivity index (χ4v) is 5.69. The molecule has 3 aromatic carbocycles. The summed E-state index contributed by atoms with van der Waals surface area (Å²) >= 11 is 1.60. The normalized spacial score (nSPS) is 11.1. The van der Waals surface area contributed by atoms with Crippen molar-refractivity contribution in [3.63, 3.8) is 0 Å². The Morgan fingerprint density at radius 2 is 1.62 bits per heavy atom. The third-order valence-electron chi connectivity index (χ3n) is 6.94. The number of amides is 1. The Hall–Kier alpha value is -4.16. The van der Waals surface area contributed by atoms with Gasteiger partial charge in [0.2, 0.25) is 0 Å². The van der Waals surface area contributed by atoms with Crippen LogP contribution in [0.4, 0.5) is 0 Å². The Morgan fingerprint density at radius 1 is 0.974 bits per heavy atom. The van der Waals surface area contributed by atoms with Gasteiger partial charge in [-0.1, -0.05) is 74.0 Å². The number of nitrogens with zero attached hydrogens (tertiary/aromatic N) is 2. The van der Waals surface area contributed by atoms with E-state index in [-0.39, 0.29) is 11.9 Å². The lowest BCUT2D eigenvalue weighted by atomic mass is 9.97. The summed E-state index contributed by atoms with van der Waals surface area (Å²) in [4.78, 5) is 18.4. The van der Waals surface area contributed by atoms with Crippen LogP contribution in [0.1, 0.15) is 53.0 Å². The standard InChI is InChI=1S/C33H33N3O2S/c1-4-5-20-34-32(37)28-21-30(29-22-39-33(35-29)26-16-18-27(38-3)19-17-26)36(23(28)2)31(24-12-8-6-9-13-24)25-14-10-7-11-15-25/h6-19,21-22,31H,4-5,20H2,1-3H3,(H,34,37). The highest BCUT2D eigenvalue weighted by molar-refractivity contribution is 7.13. The lowest BCUT2D eigenvalue weighted by Crippen LogP contribution is -2.25. The van der Waals surface area contributed by atoms with Crippen LogP contribution in [0.25, 0.3) is 22.0 Å². The van der Waals surface area contributed by atoms with E-state index < -0.39 is 0 Å². The van der Waals surface area contributed by atoms with Crippen molar-refractivity contribution in [2.24, 2.45) is 0 Å². The Labute approximate surface area is 234 Å². The molecule has 0 radical (unpaired) electrons. The number of methoxy groups -OCH3 is 1. The second-order valence-corrected chi connectivity index (χ2v) is 10.4. The smallest absolute Gasteiger partial charge is 0.253 e. The van der Waals surface area contributed by atoms with E-state index >= 15 is 0 Å². The first kappa shape index (κ1) is 26.4. The van der Waals surface area contributed by atoms with E-state index in [1.165, 1.54) is 0 Å². The molecule has 0 saturated heterocycles. The number of hydrogen-bond donors (Lipinski definition) is 1. The molecule has 2 heterocycles. The largest absolute Gasteiger partial charge is 0.497 e. The summed E-state index contributed by atoms with van der Waals surface area (Å²) in [6.07, 6.45) is 1.98. The lowest BCUT2D eigenvalue weighted by molar-refractivity contribution is 0.0952. The summed E-state index contributed by atoms with van der Waals surface area (Å²) in [7, 11) is 1.67. The van der Waals surface area contributed by atoms with Crippen LogP contribution in [0, 0.1) is 6.92 Å². The fourth-order valence-electron chi connectivity index (χ4n) is 4.87. The maximum absolute atomic E-state index is 13.4. The molecule has 5 rings (SSSR count). The van der Waals surface area contributed by atoms with Crippen molar-refractivity contribution in [1.29, 1.82) is 0 Å². The Balaban J connectivity index is 1.66. The summed E-state index contributed by atoms with van der Waals surface area (Å²) in [6, 6.07) is 30.7. The van der Waals surface area contributed by atoms with Crippen LogP contribution in [-0.4, -0.2) is 29.1 Å². The van der Waals surface area contributed by atoms with Crippen LogP contribution < -0.4 is 10.1 Å². The third-order valence-corrected chi connectivity index (χ3v) is 7.84. The molecule has 0 spiro atoms. The van der Waals surface area contributed by atoms with Gasteiger partial charge >= 0.3 is 0 Å². The van der Waals surface area contributed by atoms with Gasteiger partial charge in [-0.25, -0.2) is 4.98 Å². The molecule has 0 aliphatic rings. The average molecular weight is 536 g/mol. The fraction of sp³-hybridized carbons (Fsp3) is 0.212. The maximum atomic E-state index is 13.4. The van der Waals surface area contributed by atoms with Crippen LogP contribution in [0.3, 0.4) is 0 Å². The maximum Gasteiger partial charge on any atom is 0.253 e. The van der Waals surface area contributed by atoms with Crippen LogP contribution in [0.15, 0.2) is 96.4 Å². The number of nitrogens with one attached hydrogen (secondary N) is 1. The molecule has 0 bridgehead atoms. The molecule has 0 aliphatic carbocycles. The summed E-state index contributed by atoms with van der Waals surface area (Å²) in [6.45, 7) is 4.82. The molecule has 0 aliphatic heterocycles. The zero-order chi connectivity index (χ0) is 27.2. The molecule has 5 nitrogen and oxygen atoms in total. The highest BCUT2D eigenvalue weighted by atomic mass is 32.1. The SMILES string of the molecule is CCCCNC(=O)c1cc(-c2csc(-c3ccc(OC)cc3)n2)n(C(c2ccccc2)c2ccccc2)c1C. The van der Waals surface area contributed by atoms with Crippen LogP contribution in [0.2, 0.25) is 0 Å². The first-order chi connectivity index (χ1) is 19.1. The van der Waals surface area contributed by atoms with Crippen molar-refractivity contribution >= 4 is 17.2 Å². The van der Waals surface area contributed by atoms with E-state index in [2.05, 4.69) is 70.7 Å². The van der Waals surface area contributed by atoms with Gasteiger partial charge in [0.15, 0.2) is 0 Å².